The summed E-state index contributed by atoms with van der Waals surface area (Å²) < 4.78 is 5.68. The van der Waals surface area contributed by atoms with Crippen LogP contribution in [0.3, 0.4) is 0 Å². The van der Waals surface area contributed by atoms with Gasteiger partial charge < -0.3 is 4.74 Å². The van der Waals surface area contributed by atoms with Gasteiger partial charge in [-0.25, -0.2) is 0 Å². The van der Waals surface area contributed by atoms with E-state index in [2.05, 4.69) is 4.98 Å². The second-order valence-corrected chi connectivity index (χ2v) is 4.86. The number of ketones is 1. The molecule has 3 rings (SSSR count). The van der Waals surface area contributed by atoms with Crippen molar-refractivity contribution >= 4 is 16.7 Å². The second-order valence-electron chi connectivity index (χ2n) is 4.86. The van der Waals surface area contributed by atoms with Crippen molar-refractivity contribution in [1.82, 2.24) is 4.98 Å². The van der Waals surface area contributed by atoms with E-state index in [1.54, 1.807) is 6.20 Å². The molecule has 21 heavy (non-hydrogen) atoms. The zero-order valence-electron chi connectivity index (χ0n) is 11.7. The summed E-state index contributed by atoms with van der Waals surface area (Å²) in [6.07, 6.45) is 1.72. The van der Waals surface area contributed by atoms with E-state index in [0.29, 0.717) is 11.3 Å². The highest BCUT2D eigenvalue weighted by atomic mass is 16.5. The van der Waals surface area contributed by atoms with Crippen molar-refractivity contribution in [2.24, 2.45) is 0 Å². The zero-order chi connectivity index (χ0) is 14.7. The summed E-state index contributed by atoms with van der Waals surface area (Å²) in [7, 11) is 0. The maximum Gasteiger partial charge on any atom is 0.200 e. The molecule has 0 N–H and O–H groups in total. The molecule has 1 heterocycles. The minimum absolute atomic E-state index is 0.0144. The fourth-order valence-electron chi connectivity index (χ4n) is 2.30. The SMILES string of the molecule is Cc1ccccc1C(=O)COc1cccc2cccnc12. The number of hydrogen-bond acceptors (Lipinski definition) is 3. The van der Waals surface area contributed by atoms with Gasteiger partial charge in [-0.3, -0.25) is 9.78 Å². The summed E-state index contributed by atoms with van der Waals surface area (Å²) in [4.78, 5) is 16.5. The fraction of sp³-hybridized carbons (Fsp3) is 0.111. The highest BCUT2D eigenvalue weighted by Gasteiger charge is 2.10. The van der Waals surface area contributed by atoms with Crippen LogP contribution in [0.4, 0.5) is 0 Å². The first kappa shape index (κ1) is 13.3. The third-order valence-corrected chi connectivity index (χ3v) is 3.40. The molecule has 0 spiro atoms. The molecule has 0 atom stereocenters. The average Bonchev–Trinajstić information content (AvgIpc) is 2.53. The maximum absolute atomic E-state index is 12.2. The third kappa shape index (κ3) is 2.77. The van der Waals surface area contributed by atoms with Gasteiger partial charge in [0.05, 0.1) is 0 Å². The quantitative estimate of drug-likeness (QED) is 0.681. The van der Waals surface area contributed by atoms with E-state index in [1.165, 1.54) is 0 Å². The van der Waals surface area contributed by atoms with Crippen molar-refractivity contribution in [1.29, 1.82) is 0 Å². The van der Waals surface area contributed by atoms with Gasteiger partial charge in [0.15, 0.2) is 12.4 Å². The molecule has 0 radical (unpaired) electrons. The normalized spacial score (nSPS) is 10.5. The Morgan fingerprint density at radius 3 is 2.71 bits per heavy atom. The number of nitrogens with zero attached hydrogens (tertiary/aromatic N) is 1. The van der Waals surface area contributed by atoms with Gasteiger partial charge >= 0.3 is 0 Å². The van der Waals surface area contributed by atoms with Crippen molar-refractivity contribution in [2.75, 3.05) is 6.61 Å². The van der Waals surface area contributed by atoms with Gasteiger partial charge in [0.25, 0.3) is 0 Å². The molecule has 0 bridgehead atoms. The van der Waals surface area contributed by atoms with Gasteiger partial charge in [-0.2, -0.15) is 0 Å². The Hall–Kier alpha value is -2.68. The highest BCUT2D eigenvalue weighted by molar-refractivity contribution is 5.98. The molecule has 0 aliphatic heterocycles. The van der Waals surface area contributed by atoms with Crippen LogP contribution in [0.5, 0.6) is 5.75 Å². The van der Waals surface area contributed by atoms with Crippen LogP contribution in [0.1, 0.15) is 15.9 Å². The Balaban J connectivity index is 1.81. The lowest BCUT2D eigenvalue weighted by Crippen LogP contribution is -2.13. The molecule has 0 amide bonds. The van der Waals surface area contributed by atoms with E-state index in [0.717, 1.165) is 16.5 Å². The summed E-state index contributed by atoms with van der Waals surface area (Å²) >= 11 is 0. The van der Waals surface area contributed by atoms with Crippen LogP contribution in [0.25, 0.3) is 10.9 Å². The number of Topliss-reactive ketones (excluding diaryl/α,β-unsaturated/α-hetero) is 1. The van der Waals surface area contributed by atoms with E-state index in [4.69, 9.17) is 4.74 Å². The molecule has 0 fully saturated rings. The topological polar surface area (TPSA) is 39.2 Å². The molecule has 1 aromatic heterocycles. The van der Waals surface area contributed by atoms with E-state index in [-0.39, 0.29) is 12.4 Å². The highest BCUT2D eigenvalue weighted by Crippen LogP contribution is 2.23. The molecular weight excluding hydrogens is 262 g/mol. The monoisotopic (exact) mass is 277 g/mol. The molecule has 3 heteroatoms. The number of ether oxygens (including phenoxy) is 1. The van der Waals surface area contributed by atoms with Crippen molar-refractivity contribution in [2.45, 2.75) is 6.92 Å². The number of fused-ring (bicyclic) bond motifs is 1. The molecular formula is C18H15NO2. The summed E-state index contributed by atoms with van der Waals surface area (Å²) in [5, 5.41) is 0.998. The number of benzene rings is 2. The number of para-hydroxylation sites is 1. The number of aromatic nitrogens is 1. The number of carbonyl (C=O) groups is 1. The lowest BCUT2D eigenvalue weighted by atomic mass is 10.1. The molecule has 0 saturated carbocycles. The van der Waals surface area contributed by atoms with E-state index in [9.17, 15) is 4.79 Å². The Morgan fingerprint density at radius 2 is 1.86 bits per heavy atom. The van der Waals surface area contributed by atoms with E-state index in [1.807, 2.05) is 61.5 Å². The van der Waals surface area contributed by atoms with E-state index < -0.39 is 0 Å². The zero-order valence-corrected chi connectivity index (χ0v) is 11.7. The summed E-state index contributed by atoms with van der Waals surface area (Å²) in [6, 6.07) is 17.1. The number of rotatable bonds is 4. The van der Waals surface area contributed by atoms with Crippen LogP contribution >= 0.6 is 0 Å². The van der Waals surface area contributed by atoms with Gasteiger partial charge in [0.1, 0.15) is 11.3 Å². The van der Waals surface area contributed by atoms with Crippen LogP contribution in [-0.2, 0) is 0 Å². The predicted octanol–water partition coefficient (Wildman–Crippen LogP) is 3.80. The van der Waals surface area contributed by atoms with Crippen LogP contribution in [-0.4, -0.2) is 17.4 Å². The van der Waals surface area contributed by atoms with Gasteiger partial charge in [-0.15, -0.1) is 0 Å². The van der Waals surface area contributed by atoms with Crippen molar-refractivity contribution < 1.29 is 9.53 Å². The van der Waals surface area contributed by atoms with Crippen LogP contribution in [0.2, 0.25) is 0 Å². The maximum atomic E-state index is 12.2. The van der Waals surface area contributed by atoms with Crippen LogP contribution in [0, 0.1) is 6.92 Å². The Bertz CT molecular complexity index is 791. The summed E-state index contributed by atoms with van der Waals surface area (Å²) in [5.41, 5.74) is 2.44. The summed E-state index contributed by atoms with van der Waals surface area (Å²) in [5.74, 6) is 0.607. The van der Waals surface area contributed by atoms with Crippen molar-refractivity contribution in [3.63, 3.8) is 0 Å². The number of aryl methyl sites for hydroxylation is 1. The molecule has 3 aromatic rings. The molecule has 0 aliphatic carbocycles. The Kier molecular flexibility index (Phi) is 3.65. The Morgan fingerprint density at radius 1 is 1.05 bits per heavy atom. The van der Waals surface area contributed by atoms with Gasteiger partial charge in [-0.05, 0) is 24.6 Å². The first-order chi connectivity index (χ1) is 10.3. The predicted molar refractivity (Wildman–Crippen MR) is 82.7 cm³/mol. The number of carbonyl (C=O) groups excluding carboxylic acids is 1. The van der Waals surface area contributed by atoms with Gasteiger partial charge in [-0.1, -0.05) is 42.5 Å². The molecule has 0 unspecified atom stereocenters. The van der Waals surface area contributed by atoms with Crippen molar-refractivity contribution in [3.05, 3.63) is 71.9 Å². The lowest BCUT2D eigenvalue weighted by molar-refractivity contribution is 0.0922. The third-order valence-electron chi connectivity index (χ3n) is 3.40. The van der Waals surface area contributed by atoms with Crippen LogP contribution in [0.15, 0.2) is 60.8 Å². The molecule has 0 saturated heterocycles. The number of pyridine rings is 1. The molecule has 3 nitrogen and oxygen atoms in total. The van der Waals surface area contributed by atoms with Gasteiger partial charge in [0.2, 0.25) is 0 Å². The minimum atomic E-state index is -0.0268. The minimum Gasteiger partial charge on any atom is -0.483 e. The smallest absolute Gasteiger partial charge is 0.200 e. The number of hydrogen-bond donors (Lipinski definition) is 0. The molecule has 0 aliphatic rings. The Labute approximate surface area is 123 Å². The van der Waals surface area contributed by atoms with E-state index >= 15 is 0 Å². The van der Waals surface area contributed by atoms with Crippen molar-refractivity contribution in [3.8, 4) is 5.75 Å². The average molecular weight is 277 g/mol. The molecule has 104 valence electrons. The summed E-state index contributed by atoms with van der Waals surface area (Å²) in [6.45, 7) is 1.94. The first-order valence-corrected chi connectivity index (χ1v) is 6.81. The largest absolute Gasteiger partial charge is 0.483 e. The van der Waals surface area contributed by atoms with Crippen LogP contribution < -0.4 is 4.74 Å². The second kappa shape index (κ2) is 5.75. The van der Waals surface area contributed by atoms with Gasteiger partial charge in [0, 0.05) is 17.1 Å². The standard InChI is InChI=1S/C18H15NO2/c1-13-6-2-3-9-15(13)16(20)12-21-17-10-4-7-14-8-5-11-19-18(14)17/h2-11H,12H2,1H3. The first-order valence-electron chi connectivity index (χ1n) is 6.81. The molecule has 2 aromatic carbocycles. The fourth-order valence-corrected chi connectivity index (χ4v) is 2.30. The lowest BCUT2D eigenvalue weighted by Gasteiger charge is -2.09.